The first-order valence-electron chi connectivity index (χ1n) is 14.2. The monoisotopic (exact) mass is 601 g/mol. The minimum atomic E-state index is -0.112. The molecule has 0 saturated heterocycles. The van der Waals surface area contributed by atoms with Crippen molar-refractivity contribution in [1.82, 2.24) is 9.97 Å². The number of thiocarbonyl (C=S) groups is 2. The summed E-state index contributed by atoms with van der Waals surface area (Å²) in [6.45, 7) is 4.62. The van der Waals surface area contributed by atoms with Gasteiger partial charge in [0.05, 0.1) is 33.1 Å². The number of aromatic nitrogens is 2. The van der Waals surface area contributed by atoms with Gasteiger partial charge in [0.1, 0.15) is 0 Å². The van der Waals surface area contributed by atoms with Crippen LogP contribution in [0.3, 0.4) is 0 Å². The molecular weight excluding hydrogens is 579 g/mol. The maximum atomic E-state index is 4.85. The van der Waals surface area contributed by atoms with Gasteiger partial charge in [-0.15, -0.1) is 0 Å². The van der Waals surface area contributed by atoms with Crippen LogP contribution in [-0.2, 0) is 5.41 Å². The van der Waals surface area contributed by atoms with Crippen molar-refractivity contribution in [2.45, 2.75) is 19.3 Å². The Balaban J connectivity index is 1.31. The molecule has 0 N–H and O–H groups in total. The highest BCUT2D eigenvalue weighted by Gasteiger charge is 2.36. The third kappa shape index (κ3) is 3.78. The predicted octanol–water partition coefficient (Wildman–Crippen LogP) is 10.5. The second-order valence-electron chi connectivity index (χ2n) is 11.4. The Kier molecular flexibility index (Phi) is 5.99. The SMILES string of the molecule is CC1(C)c2ccccc2N(c2cccc(-c3ccc4c5c(cccc35)-c3nc(N=C=S)c(N=C=S)nc3-4)c2)c2ccccc21. The fraction of sp³-hybridized carbons (Fsp3) is 0.0811. The van der Waals surface area contributed by atoms with Crippen LogP contribution in [0, 0.1) is 0 Å². The van der Waals surface area contributed by atoms with Gasteiger partial charge in [-0.25, -0.2) is 9.97 Å². The summed E-state index contributed by atoms with van der Waals surface area (Å²) >= 11 is 9.69. The molecule has 5 aromatic carbocycles. The van der Waals surface area contributed by atoms with Gasteiger partial charge in [-0.2, -0.15) is 9.98 Å². The van der Waals surface area contributed by atoms with Gasteiger partial charge < -0.3 is 4.90 Å². The molecule has 0 radical (unpaired) electrons. The molecule has 208 valence electrons. The molecule has 8 rings (SSSR count). The number of nitrogens with zero attached hydrogens (tertiary/aromatic N) is 5. The molecule has 2 heterocycles. The lowest BCUT2D eigenvalue weighted by molar-refractivity contribution is 0.632. The van der Waals surface area contributed by atoms with Crippen LogP contribution < -0.4 is 4.90 Å². The Morgan fingerprint density at radius 1 is 0.636 bits per heavy atom. The molecule has 0 saturated carbocycles. The van der Waals surface area contributed by atoms with E-state index in [2.05, 4.69) is 142 Å². The van der Waals surface area contributed by atoms with Crippen molar-refractivity contribution in [3.63, 3.8) is 0 Å². The fourth-order valence-corrected chi connectivity index (χ4v) is 7.02. The van der Waals surface area contributed by atoms with Crippen LogP contribution in [0.2, 0.25) is 0 Å². The van der Waals surface area contributed by atoms with E-state index < -0.39 is 0 Å². The largest absolute Gasteiger partial charge is 0.310 e. The number of rotatable bonds is 4. The number of aliphatic imine (C=N–C) groups is 2. The molecule has 5 nitrogen and oxygen atoms in total. The third-order valence-corrected chi connectivity index (χ3v) is 8.95. The average molecular weight is 602 g/mol. The number of hydrogen-bond acceptors (Lipinski definition) is 7. The molecule has 6 aromatic rings. The van der Waals surface area contributed by atoms with E-state index in [4.69, 9.17) is 34.4 Å². The van der Waals surface area contributed by atoms with Crippen LogP contribution in [0.15, 0.2) is 113 Å². The Morgan fingerprint density at radius 2 is 1.20 bits per heavy atom. The van der Waals surface area contributed by atoms with Gasteiger partial charge in [-0.05, 0) is 76.3 Å². The lowest BCUT2D eigenvalue weighted by Crippen LogP contribution is -2.30. The number of isothiocyanates is 2. The van der Waals surface area contributed by atoms with Crippen molar-refractivity contribution in [1.29, 1.82) is 0 Å². The summed E-state index contributed by atoms with van der Waals surface area (Å²) in [5.74, 6) is 0.554. The lowest BCUT2D eigenvalue weighted by Gasteiger charge is -2.42. The van der Waals surface area contributed by atoms with Crippen molar-refractivity contribution in [2.24, 2.45) is 9.98 Å². The second-order valence-corrected chi connectivity index (χ2v) is 11.8. The molecule has 0 spiro atoms. The molecule has 1 aliphatic carbocycles. The molecule has 2 aliphatic rings. The summed E-state index contributed by atoms with van der Waals surface area (Å²) in [7, 11) is 0. The number of anilines is 3. The van der Waals surface area contributed by atoms with Crippen LogP contribution in [0.1, 0.15) is 25.0 Å². The summed E-state index contributed by atoms with van der Waals surface area (Å²) in [5, 5.41) is 6.98. The molecule has 0 fully saturated rings. The molecule has 0 amide bonds. The molecule has 1 aromatic heterocycles. The normalized spacial score (nSPS) is 13.4. The van der Waals surface area contributed by atoms with Crippen LogP contribution in [0.25, 0.3) is 44.4 Å². The quantitative estimate of drug-likeness (QED) is 0.148. The smallest absolute Gasteiger partial charge is 0.209 e. The average Bonchev–Trinajstić information content (AvgIpc) is 3.36. The molecular formula is C37H23N5S2. The van der Waals surface area contributed by atoms with Gasteiger partial charge in [0.25, 0.3) is 0 Å². The molecule has 1 aliphatic heterocycles. The van der Waals surface area contributed by atoms with Crippen LogP contribution in [-0.4, -0.2) is 20.3 Å². The summed E-state index contributed by atoms with van der Waals surface area (Å²) in [6, 6.07) is 36.8. The van der Waals surface area contributed by atoms with E-state index >= 15 is 0 Å². The van der Waals surface area contributed by atoms with E-state index in [9.17, 15) is 0 Å². The van der Waals surface area contributed by atoms with Gasteiger partial charge in [0, 0.05) is 27.6 Å². The Hall–Kier alpha value is -5.16. The second kappa shape index (κ2) is 9.95. The number of para-hydroxylation sites is 2. The minimum Gasteiger partial charge on any atom is -0.310 e. The fourth-order valence-electron chi connectivity index (χ4n) is 6.84. The van der Waals surface area contributed by atoms with E-state index in [-0.39, 0.29) is 17.1 Å². The molecule has 7 heteroatoms. The Bertz CT molecular complexity index is 2190. The van der Waals surface area contributed by atoms with Crippen molar-refractivity contribution >= 4 is 74.2 Å². The van der Waals surface area contributed by atoms with E-state index in [1.54, 1.807) is 0 Å². The van der Waals surface area contributed by atoms with Gasteiger partial charge in [0.2, 0.25) is 11.6 Å². The zero-order valence-electron chi connectivity index (χ0n) is 23.9. The van der Waals surface area contributed by atoms with Gasteiger partial charge >= 0.3 is 0 Å². The van der Waals surface area contributed by atoms with Crippen molar-refractivity contribution < 1.29 is 0 Å². The van der Waals surface area contributed by atoms with Gasteiger partial charge in [0.15, 0.2) is 0 Å². The first-order valence-corrected chi connectivity index (χ1v) is 15.1. The first kappa shape index (κ1) is 26.5. The van der Waals surface area contributed by atoms with E-state index in [1.807, 2.05) is 0 Å². The maximum absolute atomic E-state index is 4.85. The van der Waals surface area contributed by atoms with Crippen molar-refractivity contribution in [3.05, 3.63) is 114 Å². The number of benzene rings is 5. The maximum Gasteiger partial charge on any atom is 0.209 e. The third-order valence-electron chi connectivity index (χ3n) is 8.77. The predicted molar refractivity (Wildman–Crippen MR) is 186 cm³/mol. The van der Waals surface area contributed by atoms with Gasteiger partial charge in [-0.3, -0.25) is 0 Å². The number of fused-ring (bicyclic) bond motifs is 5. The van der Waals surface area contributed by atoms with E-state index in [0.717, 1.165) is 50.1 Å². The lowest BCUT2D eigenvalue weighted by atomic mass is 9.73. The van der Waals surface area contributed by atoms with E-state index in [1.165, 1.54) is 22.5 Å². The van der Waals surface area contributed by atoms with E-state index in [0.29, 0.717) is 0 Å². The standard InChI is InChI=1S/C37H23N5S2/c1-37(2)28-13-3-5-15-30(28)42(31-16-6-4-14-29(31)37)23-10-7-9-22(19-23)24-17-18-27-32-25(24)11-8-12-26(32)33-34(27)41-36(39-21-44)35(40-33)38-20-43/h3-19H,1-2H3. The van der Waals surface area contributed by atoms with Crippen LogP contribution in [0.5, 0.6) is 0 Å². The summed E-state index contributed by atoms with van der Waals surface area (Å²) < 4.78 is 0. The zero-order valence-corrected chi connectivity index (χ0v) is 25.5. The zero-order chi connectivity index (χ0) is 30.0. The van der Waals surface area contributed by atoms with Gasteiger partial charge in [-0.1, -0.05) is 92.7 Å². The highest BCUT2D eigenvalue weighted by Crippen LogP contribution is 2.53. The van der Waals surface area contributed by atoms with Crippen molar-refractivity contribution in [3.8, 4) is 33.6 Å². The molecule has 44 heavy (non-hydrogen) atoms. The highest BCUT2D eigenvalue weighted by molar-refractivity contribution is 7.78. The summed E-state index contributed by atoms with van der Waals surface area (Å²) in [4.78, 5) is 20.2. The first-order chi connectivity index (χ1) is 21.5. The topological polar surface area (TPSA) is 53.7 Å². The van der Waals surface area contributed by atoms with Crippen molar-refractivity contribution in [2.75, 3.05) is 4.90 Å². The Morgan fingerprint density at radius 3 is 1.84 bits per heavy atom. The minimum absolute atomic E-state index is 0.112. The number of hydrogen-bond donors (Lipinski definition) is 0. The Labute approximate surface area is 265 Å². The molecule has 0 bridgehead atoms. The summed E-state index contributed by atoms with van der Waals surface area (Å²) in [6.07, 6.45) is 0. The van der Waals surface area contributed by atoms with Crippen LogP contribution in [0.4, 0.5) is 28.7 Å². The van der Waals surface area contributed by atoms with Crippen LogP contribution >= 0.6 is 24.4 Å². The molecule has 0 unspecified atom stereocenters. The summed E-state index contributed by atoms with van der Waals surface area (Å²) in [5.41, 5.74) is 11.8. The highest BCUT2D eigenvalue weighted by atomic mass is 32.1. The molecule has 0 atom stereocenters.